The maximum absolute atomic E-state index is 6.81. The summed E-state index contributed by atoms with van der Waals surface area (Å²) in [7, 11) is 16.8. The van der Waals surface area contributed by atoms with Crippen molar-refractivity contribution in [2.45, 2.75) is 187 Å². The van der Waals surface area contributed by atoms with Gasteiger partial charge in [0.2, 0.25) is 0 Å². The van der Waals surface area contributed by atoms with Crippen molar-refractivity contribution in [3.8, 4) is 0 Å². The Morgan fingerprint density at radius 3 is 0.556 bits per heavy atom. The van der Waals surface area contributed by atoms with E-state index in [0.29, 0.717) is 39.6 Å². The van der Waals surface area contributed by atoms with Gasteiger partial charge in [-0.25, -0.2) is 0 Å². The molecule has 0 bridgehead atoms. The van der Waals surface area contributed by atoms with Crippen LogP contribution in [0.1, 0.15) is 160 Å². The molecule has 0 radical (unpaired) electrons. The van der Waals surface area contributed by atoms with Gasteiger partial charge < -0.3 is 0 Å². The Morgan fingerprint density at radius 2 is 0.444 bits per heavy atom. The molecule has 0 fully saturated rings. The van der Waals surface area contributed by atoms with E-state index in [1.54, 1.807) is 0 Å². The zero-order chi connectivity index (χ0) is 41.6. The van der Waals surface area contributed by atoms with E-state index in [1.807, 2.05) is 41.5 Å². The summed E-state index contributed by atoms with van der Waals surface area (Å²) in [4.78, 5) is 0. The van der Waals surface area contributed by atoms with Crippen molar-refractivity contribution < 1.29 is 35.7 Å². The molecule has 330 valence electrons. The van der Waals surface area contributed by atoms with Crippen LogP contribution in [0.4, 0.5) is 0 Å². The molecule has 0 aliphatic carbocycles. The van der Waals surface area contributed by atoms with E-state index in [2.05, 4.69) is 41.5 Å². The summed E-state index contributed by atoms with van der Waals surface area (Å²) in [6, 6.07) is 0. The Kier molecular flexibility index (Phi) is 50.7. The van der Waals surface area contributed by atoms with E-state index in [-0.39, 0.29) is 0 Å². The molecule has 0 spiro atoms. The average molecular weight is 1220 g/mol. The molecule has 0 unspecified atom stereocenters. The molecule has 0 aliphatic heterocycles. The summed E-state index contributed by atoms with van der Waals surface area (Å²) in [6.45, 7) is 28.6. The molecule has 0 aromatic heterocycles. The zero-order valence-corrected chi connectivity index (χ0v) is 50.1. The Hall–Kier alpha value is 4.20. The van der Waals surface area contributed by atoms with Gasteiger partial charge in [0.05, 0.1) is 0 Å². The summed E-state index contributed by atoms with van der Waals surface area (Å²) in [5, 5.41) is 0. The molecular formula is C36H84Cl3O9P3Sn3. The van der Waals surface area contributed by atoms with Crippen molar-refractivity contribution in [1.29, 1.82) is 0 Å². The van der Waals surface area contributed by atoms with Gasteiger partial charge in [0, 0.05) is 0 Å². The third-order valence-corrected chi connectivity index (χ3v) is 54.6. The predicted octanol–water partition coefficient (Wildman–Crippen LogP) is 16.8. The summed E-state index contributed by atoms with van der Waals surface area (Å²) >= 11 is -8.92. The van der Waals surface area contributed by atoms with Gasteiger partial charge in [-0.2, -0.15) is 0 Å². The van der Waals surface area contributed by atoms with Crippen molar-refractivity contribution in [3.63, 3.8) is 0 Å². The summed E-state index contributed by atoms with van der Waals surface area (Å²) in [6.07, 6.45) is 14.0. The Balaban J connectivity index is -0.000000722. The van der Waals surface area contributed by atoms with E-state index in [4.69, 9.17) is 62.5 Å². The van der Waals surface area contributed by atoms with E-state index >= 15 is 0 Å². The molecule has 0 amide bonds. The number of hydrogen-bond acceptors (Lipinski definition) is 9. The van der Waals surface area contributed by atoms with Gasteiger partial charge in [0.1, 0.15) is 0 Å². The molecule has 0 atom stereocenters. The molecule has 0 aromatic carbocycles. The van der Waals surface area contributed by atoms with E-state index < -0.39 is 78.8 Å². The molecule has 18 heteroatoms. The maximum atomic E-state index is 6.81. The molecule has 9 nitrogen and oxygen atoms in total. The molecule has 0 heterocycles. The molecule has 0 saturated carbocycles. The second-order valence-electron chi connectivity index (χ2n) is 12.7. The minimum absolute atomic E-state index is 0.617. The van der Waals surface area contributed by atoms with Gasteiger partial charge in [0.25, 0.3) is 0 Å². The third-order valence-electron chi connectivity index (χ3n) is 7.54. The first-order chi connectivity index (χ1) is 25.8. The van der Waals surface area contributed by atoms with E-state index in [1.165, 1.54) is 38.5 Å². The van der Waals surface area contributed by atoms with Crippen LogP contribution in [-0.2, 0) is 35.7 Å². The molecule has 54 heavy (non-hydrogen) atoms. The number of unbranched alkanes of at least 4 members (excludes halogenated alkanes) is 6. The first-order valence-electron chi connectivity index (χ1n) is 21.2. The number of hydrogen-bond donors (Lipinski definition) is 0. The molecule has 0 aliphatic rings. The van der Waals surface area contributed by atoms with Crippen molar-refractivity contribution >= 4 is 106 Å². The summed E-state index contributed by atoms with van der Waals surface area (Å²) in [5.74, 6) is 0. The van der Waals surface area contributed by atoms with Gasteiger partial charge in [-0.1, -0.05) is 0 Å². The first-order valence-corrected chi connectivity index (χ1v) is 50.9. The van der Waals surface area contributed by atoms with Crippen molar-refractivity contribution in [3.05, 3.63) is 0 Å². The zero-order valence-electron chi connectivity index (χ0n) is 36.6. The van der Waals surface area contributed by atoms with Gasteiger partial charge in [-0.3, -0.25) is 0 Å². The van der Waals surface area contributed by atoms with Gasteiger partial charge in [-0.15, -0.1) is 0 Å². The number of halogens is 3. The topological polar surface area (TPSA) is 83.1 Å². The number of rotatable bonds is 36. The van der Waals surface area contributed by atoms with Crippen LogP contribution in [0.25, 0.3) is 0 Å². The molecule has 0 saturated heterocycles. The first kappa shape index (κ1) is 62.5. The van der Waals surface area contributed by atoms with Gasteiger partial charge >= 0.3 is 368 Å². The molecule has 0 rings (SSSR count). The monoisotopic (exact) mass is 1220 g/mol. The summed E-state index contributed by atoms with van der Waals surface area (Å²) in [5.41, 5.74) is 0. The fourth-order valence-electron chi connectivity index (χ4n) is 4.60. The van der Waals surface area contributed by atoms with Crippen LogP contribution in [-0.4, -0.2) is 92.6 Å². The molecular weight excluding hydrogens is 1130 g/mol. The van der Waals surface area contributed by atoms with E-state index in [0.717, 1.165) is 65.1 Å². The van der Waals surface area contributed by atoms with E-state index in [9.17, 15) is 0 Å². The van der Waals surface area contributed by atoms with Gasteiger partial charge in [-0.05, 0) is 0 Å². The fourth-order valence-corrected chi connectivity index (χ4v) is 48.0. The molecule has 0 N–H and O–H groups in total. The fraction of sp³-hybridized carbons (Fsp3) is 1.00. The Bertz CT molecular complexity index is 648. The second-order valence-corrected chi connectivity index (χ2v) is 58.4. The van der Waals surface area contributed by atoms with Crippen LogP contribution in [0, 0.1) is 0 Å². The van der Waals surface area contributed by atoms with Crippen LogP contribution < -0.4 is 0 Å². The van der Waals surface area contributed by atoms with Crippen LogP contribution >= 0.6 is 52.6 Å². The quantitative estimate of drug-likeness (QED) is 0.0450. The second kappa shape index (κ2) is 43.8. The SMILES string of the molecule is CCC[CH2][Sn]([Cl])([CH2]CCC)[O]P(OCC)OCC.CCC[CH2][Sn]([Cl])([CH2]CCC)[O]P(OCC)OCC.CCC[CH2][Sn]([Cl])([CH2]CCC)[O]P(OCC)OCC. The van der Waals surface area contributed by atoms with Crippen LogP contribution in [0.3, 0.4) is 0 Å². The Morgan fingerprint density at radius 1 is 0.296 bits per heavy atom. The van der Waals surface area contributed by atoms with Crippen molar-refractivity contribution in [2.75, 3.05) is 39.6 Å². The van der Waals surface area contributed by atoms with Crippen LogP contribution in [0.5, 0.6) is 0 Å². The summed E-state index contributed by atoms with van der Waals surface area (Å²) < 4.78 is 57.9. The molecule has 0 aromatic rings. The van der Waals surface area contributed by atoms with Gasteiger partial charge in [0.15, 0.2) is 0 Å². The Labute approximate surface area is 363 Å². The predicted molar refractivity (Wildman–Crippen MR) is 247 cm³/mol. The van der Waals surface area contributed by atoms with Crippen LogP contribution in [0.15, 0.2) is 0 Å². The third kappa shape index (κ3) is 37.9. The normalized spacial score (nSPS) is 12.3. The van der Waals surface area contributed by atoms with Crippen LogP contribution in [0.2, 0.25) is 26.6 Å². The standard InChI is InChI=1S/3C4H10O3P.6C4H9.3ClH.3Sn/c3*1-3-6-8(5)7-4-2;6*1-3-4-2;;;;;;/h3*3-4H2,1-2H3;6*1,3-4H2,2H3;3*1H;;;/q3*-1;;;;;;;;;;3*+2/p-3. The average Bonchev–Trinajstić information content (AvgIpc) is 3.14. The van der Waals surface area contributed by atoms with Crippen molar-refractivity contribution in [1.82, 2.24) is 0 Å². The van der Waals surface area contributed by atoms with Crippen molar-refractivity contribution in [2.24, 2.45) is 0 Å². The minimum atomic E-state index is -2.97.